The number of nitrogens with zero attached hydrogens (tertiary/aromatic N) is 1. The summed E-state index contributed by atoms with van der Waals surface area (Å²) >= 11 is 0. The smallest absolute Gasteiger partial charge is 0.335 e. The molecule has 0 amide bonds. The molecule has 0 saturated carbocycles. The van der Waals surface area contributed by atoms with Gasteiger partial charge in [-0.3, -0.25) is 0 Å². The molecule has 5 heteroatoms. The molecule has 0 unspecified atom stereocenters. The van der Waals surface area contributed by atoms with E-state index in [1.165, 1.54) is 24.3 Å². The number of aromatic carboxylic acids is 1. The first-order valence-corrected chi connectivity index (χ1v) is 6.19. The minimum atomic E-state index is -1.01. The van der Waals surface area contributed by atoms with Gasteiger partial charge in [0, 0.05) is 12.2 Å². The lowest BCUT2D eigenvalue weighted by molar-refractivity contribution is 0.0697. The predicted molar refractivity (Wildman–Crippen MR) is 76.9 cm³/mol. The predicted octanol–water partition coefficient (Wildman–Crippen LogP) is 3.26. The molecule has 0 aliphatic rings. The lowest BCUT2D eigenvalue weighted by Crippen LogP contribution is -2.18. The van der Waals surface area contributed by atoms with E-state index in [9.17, 15) is 9.18 Å². The number of rotatable bonds is 4. The number of halogens is 1. The van der Waals surface area contributed by atoms with Gasteiger partial charge in [0.1, 0.15) is 5.82 Å². The molecule has 0 saturated heterocycles. The maximum atomic E-state index is 13.0. The third-order valence-corrected chi connectivity index (χ3v) is 3.02. The Morgan fingerprint density at radius 1 is 1.25 bits per heavy atom. The molecule has 0 aromatic heterocycles. The van der Waals surface area contributed by atoms with Crippen molar-refractivity contribution in [3.05, 3.63) is 53.8 Å². The minimum Gasteiger partial charge on any atom is -0.478 e. The van der Waals surface area contributed by atoms with Crippen LogP contribution in [0.15, 0.2) is 42.5 Å². The summed E-state index contributed by atoms with van der Waals surface area (Å²) in [6.45, 7) is 2.50. The van der Waals surface area contributed by atoms with Gasteiger partial charge in [-0.25, -0.2) is 9.18 Å². The van der Waals surface area contributed by atoms with Crippen LogP contribution in [-0.4, -0.2) is 17.6 Å². The van der Waals surface area contributed by atoms with E-state index in [4.69, 9.17) is 10.8 Å². The van der Waals surface area contributed by atoms with Gasteiger partial charge < -0.3 is 15.7 Å². The summed E-state index contributed by atoms with van der Waals surface area (Å²) in [4.78, 5) is 12.9. The van der Waals surface area contributed by atoms with E-state index < -0.39 is 5.97 Å². The molecule has 2 aromatic carbocycles. The van der Waals surface area contributed by atoms with Gasteiger partial charge in [-0.1, -0.05) is 0 Å². The van der Waals surface area contributed by atoms with Crippen LogP contribution in [0.3, 0.4) is 0 Å². The summed E-state index contributed by atoms with van der Waals surface area (Å²) in [5.74, 6) is -1.33. The van der Waals surface area contributed by atoms with E-state index in [-0.39, 0.29) is 11.4 Å². The number of nitrogen functional groups attached to an aromatic ring is 1. The van der Waals surface area contributed by atoms with E-state index in [1.54, 1.807) is 18.2 Å². The van der Waals surface area contributed by atoms with E-state index >= 15 is 0 Å². The molecule has 3 N–H and O–H groups in total. The molecule has 4 nitrogen and oxygen atoms in total. The van der Waals surface area contributed by atoms with Gasteiger partial charge in [0.25, 0.3) is 0 Å². The highest BCUT2D eigenvalue weighted by Crippen LogP contribution is 2.31. The zero-order chi connectivity index (χ0) is 14.7. The first-order valence-electron chi connectivity index (χ1n) is 6.19. The van der Waals surface area contributed by atoms with Crippen molar-refractivity contribution in [1.82, 2.24) is 0 Å². The van der Waals surface area contributed by atoms with Crippen LogP contribution in [0.5, 0.6) is 0 Å². The highest BCUT2D eigenvalue weighted by Gasteiger charge is 2.13. The summed E-state index contributed by atoms with van der Waals surface area (Å²) in [6, 6.07) is 10.5. The number of hydrogen-bond donors (Lipinski definition) is 2. The number of carboxylic acids is 1. The molecular formula is C15H15FN2O2. The van der Waals surface area contributed by atoms with Crippen molar-refractivity contribution in [3.63, 3.8) is 0 Å². The Hall–Kier alpha value is -2.56. The summed E-state index contributed by atoms with van der Waals surface area (Å²) < 4.78 is 13.0. The van der Waals surface area contributed by atoms with Gasteiger partial charge in [0.15, 0.2) is 0 Å². The standard InChI is InChI=1S/C15H15FN2O2/c1-2-18(12-6-4-11(16)5-7-12)14-9-10(15(19)20)3-8-13(14)17/h3-9H,2,17H2,1H3,(H,19,20). The van der Waals surface area contributed by atoms with Crippen LogP contribution in [0.2, 0.25) is 0 Å². The zero-order valence-electron chi connectivity index (χ0n) is 11.0. The van der Waals surface area contributed by atoms with Gasteiger partial charge >= 0.3 is 5.97 Å². The minimum absolute atomic E-state index is 0.162. The maximum absolute atomic E-state index is 13.0. The number of anilines is 3. The Bertz CT molecular complexity index is 626. The average Bonchev–Trinajstić information content (AvgIpc) is 2.43. The van der Waals surface area contributed by atoms with E-state index in [1.807, 2.05) is 11.8 Å². The molecule has 2 rings (SSSR count). The topological polar surface area (TPSA) is 66.6 Å². The summed E-state index contributed by atoms with van der Waals surface area (Å²) in [6.07, 6.45) is 0. The Kier molecular flexibility index (Phi) is 3.89. The molecular weight excluding hydrogens is 259 g/mol. The van der Waals surface area contributed by atoms with Gasteiger partial charge in [0.2, 0.25) is 0 Å². The largest absolute Gasteiger partial charge is 0.478 e. The van der Waals surface area contributed by atoms with Gasteiger partial charge in [-0.15, -0.1) is 0 Å². The number of carboxylic acid groups (broad SMARTS) is 1. The van der Waals surface area contributed by atoms with Crippen molar-refractivity contribution < 1.29 is 14.3 Å². The second-order valence-corrected chi connectivity index (χ2v) is 4.30. The summed E-state index contributed by atoms with van der Waals surface area (Å²) in [5, 5.41) is 9.05. The highest BCUT2D eigenvalue weighted by molar-refractivity contribution is 5.91. The lowest BCUT2D eigenvalue weighted by atomic mass is 10.1. The fraction of sp³-hybridized carbons (Fsp3) is 0.133. The van der Waals surface area contributed by atoms with Crippen LogP contribution in [0.25, 0.3) is 0 Å². The Labute approximate surface area is 116 Å². The molecule has 2 aromatic rings. The lowest BCUT2D eigenvalue weighted by Gasteiger charge is -2.25. The van der Waals surface area contributed by atoms with E-state index in [0.29, 0.717) is 17.9 Å². The van der Waals surface area contributed by atoms with Crippen molar-refractivity contribution in [3.8, 4) is 0 Å². The quantitative estimate of drug-likeness (QED) is 0.840. The molecule has 20 heavy (non-hydrogen) atoms. The summed E-state index contributed by atoms with van der Waals surface area (Å²) in [5.41, 5.74) is 7.91. The molecule has 0 bridgehead atoms. The third kappa shape index (κ3) is 2.71. The number of carbonyl (C=O) groups is 1. The van der Waals surface area contributed by atoms with Gasteiger partial charge in [0.05, 0.1) is 16.9 Å². The molecule has 0 fully saturated rings. The first kappa shape index (κ1) is 13.9. The second kappa shape index (κ2) is 5.61. The Balaban J connectivity index is 2.48. The molecule has 0 aliphatic carbocycles. The van der Waals surface area contributed by atoms with Crippen LogP contribution in [-0.2, 0) is 0 Å². The molecule has 0 spiro atoms. The fourth-order valence-electron chi connectivity index (χ4n) is 2.02. The van der Waals surface area contributed by atoms with Crippen molar-refractivity contribution in [2.75, 3.05) is 17.2 Å². The van der Waals surface area contributed by atoms with E-state index in [0.717, 1.165) is 5.69 Å². The van der Waals surface area contributed by atoms with E-state index in [2.05, 4.69) is 0 Å². The molecule has 0 radical (unpaired) electrons. The number of benzene rings is 2. The van der Waals surface area contributed by atoms with Gasteiger partial charge in [-0.05, 0) is 49.4 Å². The van der Waals surface area contributed by atoms with Crippen molar-refractivity contribution in [1.29, 1.82) is 0 Å². The van der Waals surface area contributed by atoms with Crippen LogP contribution in [0.1, 0.15) is 17.3 Å². The van der Waals surface area contributed by atoms with Crippen molar-refractivity contribution in [2.45, 2.75) is 6.92 Å². The van der Waals surface area contributed by atoms with Crippen LogP contribution < -0.4 is 10.6 Å². The Morgan fingerprint density at radius 3 is 2.45 bits per heavy atom. The van der Waals surface area contributed by atoms with Crippen molar-refractivity contribution in [2.24, 2.45) is 0 Å². The normalized spacial score (nSPS) is 10.3. The SMILES string of the molecule is CCN(c1ccc(F)cc1)c1cc(C(=O)O)ccc1N. The zero-order valence-corrected chi connectivity index (χ0v) is 11.0. The average molecular weight is 274 g/mol. The van der Waals surface area contributed by atoms with Gasteiger partial charge in [-0.2, -0.15) is 0 Å². The maximum Gasteiger partial charge on any atom is 0.335 e. The van der Waals surface area contributed by atoms with Crippen LogP contribution in [0, 0.1) is 5.82 Å². The van der Waals surface area contributed by atoms with Crippen LogP contribution in [0.4, 0.5) is 21.5 Å². The van der Waals surface area contributed by atoms with Crippen LogP contribution >= 0.6 is 0 Å². The Morgan fingerprint density at radius 2 is 1.90 bits per heavy atom. The molecule has 0 heterocycles. The molecule has 104 valence electrons. The molecule has 0 aliphatic heterocycles. The summed E-state index contributed by atoms with van der Waals surface area (Å²) in [7, 11) is 0. The third-order valence-electron chi connectivity index (χ3n) is 3.02. The monoisotopic (exact) mass is 274 g/mol. The highest BCUT2D eigenvalue weighted by atomic mass is 19.1. The second-order valence-electron chi connectivity index (χ2n) is 4.30. The number of hydrogen-bond acceptors (Lipinski definition) is 3. The fourth-order valence-corrected chi connectivity index (χ4v) is 2.02. The first-order chi connectivity index (χ1) is 9.52. The molecule has 0 atom stereocenters. The number of nitrogens with two attached hydrogens (primary N) is 1. The van der Waals surface area contributed by atoms with Crippen molar-refractivity contribution >= 4 is 23.0 Å².